The van der Waals surface area contributed by atoms with E-state index in [0.717, 1.165) is 11.3 Å². The van der Waals surface area contributed by atoms with Crippen molar-refractivity contribution in [2.24, 2.45) is 0 Å². The summed E-state index contributed by atoms with van der Waals surface area (Å²) in [7, 11) is 1.62. The van der Waals surface area contributed by atoms with Crippen LogP contribution in [0.4, 0.5) is 0 Å². The average molecular weight is 325 g/mol. The Balaban J connectivity index is 2.58. The second-order valence-corrected chi connectivity index (χ2v) is 5.04. The van der Waals surface area contributed by atoms with Crippen LogP contribution in [0, 0.1) is 11.3 Å². The maximum Gasteiger partial charge on any atom is 0.263 e. The van der Waals surface area contributed by atoms with Crippen molar-refractivity contribution in [3.05, 3.63) is 66.9 Å². The Morgan fingerprint density at radius 2 is 1.92 bits per heavy atom. The molecular weight excluding hydrogens is 302 g/mol. The van der Waals surface area contributed by atoms with Crippen molar-refractivity contribution in [1.29, 1.82) is 5.26 Å². The molecule has 1 aromatic carbocycles. The van der Waals surface area contributed by atoms with Crippen LogP contribution >= 0.6 is 0 Å². The van der Waals surface area contributed by atoms with E-state index >= 15 is 0 Å². The van der Waals surface area contributed by atoms with Crippen LogP contribution in [-0.2, 0) is 11.2 Å². The minimum Gasteiger partial charge on any atom is -0.497 e. The van der Waals surface area contributed by atoms with Crippen LogP contribution in [0.2, 0.25) is 0 Å². The van der Waals surface area contributed by atoms with Crippen molar-refractivity contribution in [1.82, 2.24) is 10.2 Å². The van der Waals surface area contributed by atoms with E-state index in [0.29, 0.717) is 26.1 Å². The van der Waals surface area contributed by atoms with Gasteiger partial charge < -0.3 is 15.0 Å². The third-order valence-corrected chi connectivity index (χ3v) is 3.26. The molecule has 1 N–H and O–H groups in total. The van der Waals surface area contributed by atoms with Gasteiger partial charge in [0.25, 0.3) is 5.91 Å². The van der Waals surface area contributed by atoms with Gasteiger partial charge in [0, 0.05) is 25.8 Å². The molecule has 1 amide bonds. The van der Waals surface area contributed by atoms with E-state index in [1.54, 1.807) is 24.2 Å². The van der Waals surface area contributed by atoms with Crippen molar-refractivity contribution in [2.45, 2.75) is 6.42 Å². The van der Waals surface area contributed by atoms with Crippen LogP contribution in [0.25, 0.3) is 0 Å². The van der Waals surface area contributed by atoms with E-state index < -0.39 is 0 Å². The van der Waals surface area contributed by atoms with Crippen molar-refractivity contribution in [3.8, 4) is 11.8 Å². The number of methoxy groups -OCH3 is 1. The highest BCUT2D eigenvalue weighted by Crippen LogP contribution is 2.11. The highest BCUT2D eigenvalue weighted by Gasteiger charge is 2.10. The van der Waals surface area contributed by atoms with Gasteiger partial charge >= 0.3 is 0 Å². The largest absolute Gasteiger partial charge is 0.497 e. The second kappa shape index (κ2) is 10.7. The zero-order chi connectivity index (χ0) is 17.8. The molecule has 0 saturated carbocycles. The fourth-order valence-corrected chi connectivity index (χ4v) is 2.04. The summed E-state index contributed by atoms with van der Waals surface area (Å²) in [6.45, 7) is 8.84. The van der Waals surface area contributed by atoms with Crippen molar-refractivity contribution in [3.63, 3.8) is 0 Å². The predicted molar refractivity (Wildman–Crippen MR) is 95.4 cm³/mol. The number of carbonyl (C=O) groups excluding carboxylic acids is 1. The number of carbonyl (C=O) groups is 1. The summed E-state index contributed by atoms with van der Waals surface area (Å²) in [6, 6.07) is 9.58. The molecular formula is C19H23N3O2. The van der Waals surface area contributed by atoms with Gasteiger partial charge in [-0.15, -0.1) is 13.2 Å². The molecule has 5 heteroatoms. The van der Waals surface area contributed by atoms with E-state index in [9.17, 15) is 10.1 Å². The van der Waals surface area contributed by atoms with Crippen molar-refractivity contribution in [2.75, 3.05) is 26.7 Å². The first-order chi connectivity index (χ1) is 11.6. The van der Waals surface area contributed by atoms with Crippen LogP contribution in [0.1, 0.15) is 5.56 Å². The molecule has 0 bridgehead atoms. The normalized spacial score (nSPS) is 10.4. The number of amides is 1. The van der Waals surface area contributed by atoms with E-state index in [4.69, 9.17) is 4.74 Å². The van der Waals surface area contributed by atoms with E-state index in [1.807, 2.05) is 30.3 Å². The molecule has 5 nitrogen and oxygen atoms in total. The third-order valence-electron chi connectivity index (χ3n) is 3.26. The topological polar surface area (TPSA) is 65.4 Å². The van der Waals surface area contributed by atoms with E-state index in [2.05, 4.69) is 18.5 Å². The van der Waals surface area contributed by atoms with Gasteiger partial charge in [0.1, 0.15) is 17.4 Å². The molecule has 0 radical (unpaired) electrons. The smallest absolute Gasteiger partial charge is 0.263 e. The Hall–Kier alpha value is -3.00. The van der Waals surface area contributed by atoms with Gasteiger partial charge in [-0.2, -0.15) is 5.26 Å². The molecule has 0 spiro atoms. The number of nitrogens with one attached hydrogen (secondary N) is 1. The quantitative estimate of drug-likeness (QED) is 0.408. The lowest BCUT2D eigenvalue weighted by Gasteiger charge is -2.16. The fourth-order valence-electron chi connectivity index (χ4n) is 2.04. The number of nitrogens with zero attached hydrogens (tertiary/aromatic N) is 2. The van der Waals surface area contributed by atoms with Crippen molar-refractivity contribution < 1.29 is 9.53 Å². The first-order valence-electron chi connectivity index (χ1n) is 7.63. The molecule has 0 aliphatic carbocycles. The van der Waals surface area contributed by atoms with Crippen LogP contribution in [-0.4, -0.2) is 37.6 Å². The first-order valence-corrected chi connectivity index (χ1v) is 7.63. The minimum atomic E-state index is -0.385. The number of hydrogen-bond acceptors (Lipinski definition) is 4. The molecule has 1 rings (SSSR count). The summed E-state index contributed by atoms with van der Waals surface area (Å²) in [5.74, 6) is 0.408. The Morgan fingerprint density at radius 3 is 2.42 bits per heavy atom. The monoisotopic (exact) mass is 325 g/mol. The maximum atomic E-state index is 12.1. The summed E-state index contributed by atoms with van der Waals surface area (Å²) in [4.78, 5) is 13.9. The molecule has 0 unspecified atom stereocenters. The summed E-state index contributed by atoms with van der Waals surface area (Å²) < 4.78 is 5.10. The van der Waals surface area contributed by atoms with Gasteiger partial charge in [0.2, 0.25) is 0 Å². The van der Waals surface area contributed by atoms with Crippen LogP contribution < -0.4 is 10.1 Å². The maximum absolute atomic E-state index is 12.1. The van der Waals surface area contributed by atoms with Gasteiger partial charge in [-0.25, -0.2) is 0 Å². The van der Waals surface area contributed by atoms with Crippen LogP contribution in [0.3, 0.4) is 0 Å². The molecule has 0 saturated heterocycles. The Kier molecular flexibility index (Phi) is 8.48. The molecule has 0 atom stereocenters. The lowest BCUT2D eigenvalue weighted by atomic mass is 10.1. The number of ether oxygens (including phenoxy) is 1. The highest BCUT2D eigenvalue weighted by molar-refractivity contribution is 5.97. The van der Waals surface area contributed by atoms with Gasteiger partial charge in [-0.05, 0) is 24.1 Å². The van der Waals surface area contributed by atoms with E-state index in [1.165, 1.54) is 6.20 Å². The molecule has 0 aromatic heterocycles. The summed E-state index contributed by atoms with van der Waals surface area (Å²) in [6.07, 6.45) is 5.62. The van der Waals surface area contributed by atoms with E-state index in [-0.39, 0.29) is 11.5 Å². The Labute approximate surface area is 143 Å². The standard InChI is InChI=1S/C19H23N3O2/c1-4-12-22(13-5-2)15-17(14-20)19(23)21-11-10-16-6-8-18(24-3)9-7-16/h4-9,15H,1-2,10-13H2,3H3,(H,21,23)/b17-15-. The zero-order valence-electron chi connectivity index (χ0n) is 14.0. The lowest BCUT2D eigenvalue weighted by Crippen LogP contribution is -2.28. The van der Waals surface area contributed by atoms with Gasteiger partial charge in [0.05, 0.1) is 7.11 Å². The summed E-state index contributed by atoms with van der Waals surface area (Å²) in [5.41, 5.74) is 1.15. The first kappa shape index (κ1) is 19.0. The number of nitriles is 1. The van der Waals surface area contributed by atoms with Crippen molar-refractivity contribution >= 4 is 5.91 Å². The van der Waals surface area contributed by atoms with Gasteiger partial charge in [-0.3, -0.25) is 4.79 Å². The predicted octanol–water partition coefficient (Wildman–Crippen LogP) is 2.44. The molecule has 0 fully saturated rings. The summed E-state index contributed by atoms with van der Waals surface area (Å²) >= 11 is 0. The summed E-state index contributed by atoms with van der Waals surface area (Å²) in [5, 5.41) is 11.9. The van der Waals surface area contributed by atoms with Crippen LogP contribution in [0.15, 0.2) is 61.3 Å². The van der Waals surface area contributed by atoms with Gasteiger partial charge in [-0.1, -0.05) is 24.3 Å². The lowest BCUT2D eigenvalue weighted by molar-refractivity contribution is -0.117. The molecule has 1 aromatic rings. The molecule has 126 valence electrons. The highest BCUT2D eigenvalue weighted by atomic mass is 16.5. The second-order valence-electron chi connectivity index (χ2n) is 5.04. The van der Waals surface area contributed by atoms with Gasteiger partial charge in [0.15, 0.2) is 0 Å². The fraction of sp³-hybridized carbons (Fsp3) is 0.263. The van der Waals surface area contributed by atoms with Crippen LogP contribution in [0.5, 0.6) is 5.75 Å². The average Bonchev–Trinajstić information content (AvgIpc) is 2.60. The SMILES string of the molecule is C=CCN(/C=C(/C#N)C(=O)NCCc1ccc(OC)cc1)CC=C. The third kappa shape index (κ3) is 6.41. The number of hydrogen-bond donors (Lipinski definition) is 1. The Morgan fingerprint density at radius 1 is 1.29 bits per heavy atom. The minimum absolute atomic E-state index is 0.0634. The molecule has 24 heavy (non-hydrogen) atoms. The molecule has 0 aliphatic rings. The number of rotatable bonds is 10. The zero-order valence-corrected chi connectivity index (χ0v) is 14.0. The molecule has 0 heterocycles. The molecule has 0 aliphatic heterocycles. The number of benzene rings is 1. The Bertz CT molecular complexity index is 617.